The van der Waals surface area contributed by atoms with Crippen LogP contribution >= 0.6 is 11.8 Å². The minimum absolute atomic E-state index is 0.357. The van der Waals surface area contributed by atoms with Gasteiger partial charge < -0.3 is 8.83 Å². The Morgan fingerprint density at radius 2 is 2.13 bits per heavy atom. The lowest BCUT2D eigenvalue weighted by molar-refractivity contribution is 0.397. The Bertz CT molecular complexity index is 935. The van der Waals surface area contributed by atoms with Crippen LogP contribution < -0.4 is 0 Å². The molecule has 0 fully saturated rings. The van der Waals surface area contributed by atoms with Crippen LogP contribution in [0.25, 0.3) is 11.1 Å². The Morgan fingerprint density at radius 1 is 1.17 bits per heavy atom. The Morgan fingerprint density at radius 3 is 3.00 bits per heavy atom. The van der Waals surface area contributed by atoms with Gasteiger partial charge in [0.25, 0.3) is 5.22 Å². The number of thioether (sulfide) groups is 1. The molecule has 0 saturated carbocycles. The summed E-state index contributed by atoms with van der Waals surface area (Å²) in [5.74, 6) is 0.938. The van der Waals surface area contributed by atoms with Crippen molar-refractivity contribution in [3.8, 4) is 0 Å². The molecule has 0 amide bonds. The monoisotopic (exact) mass is 332 g/mol. The molecule has 0 radical (unpaired) electrons. The predicted octanol–water partition coefficient (Wildman–Crippen LogP) is 2.28. The second kappa shape index (κ2) is 5.80. The summed E-state index contributed by atoms with van der Waals surface area (Å²) >= 11 is 1.29. The summed E-state index contributed by atoms with van der Waals surface area (Å²) in [5.41, 5.74) is 1.03. The van der Waals surface area contributed by atoms with E-state index < -0.39 is 0 Å². The zero-order valence-corrected chi connectivity index (χ0v) is 12.4. The van der Waals surface area contributed by atoms with E-state index in [0.717, 1.165) is 0 Å². The van der Waals surface area contributed by atoms with Crippen molar-refractivity contribution in [2.45, 2.75) is 17.5 Å². The molecule has 0 bridgehead atoms. The number of aromatic nitrogens is 6. The van der Waals surface area contributed by atoms with Gasteiger partial charge in [0.05, 0.1) is 5.75 Å². The maximum atomic E-state index is 13.1. The summed E-state index contributed by atoms with van der Waals surface area (Å²) in [7, 11) is 0. The summed E-state index contributed by atoms with van der Waals surface area (Å²) in [6, 6.07) is 4.22. The van der Waals surface area contributed by atoms with Crippen molar-refractivity contribution in [2.24, 2.45) is 0 Å². The second-order valence-corrected chi connectivity index (χ2v) is 5.49. The minimum atomic E-state index is -0.359. The number of oxazole rings is 1. The molecule has 0 aliphatic rings. The highest BCUT2D eigenvalue weighted by Crippen LogP contribution is 2.24. The lowest BCUT2D eigenvalue weighted by Gasteiger charge is -1.93. The van der Waals surface area contributed by atoms with Crippen LogP contribution in [-0.2, 0) is 12.3 Å². The normalized spacial score (nSPS) is 11.3. The fraction of sp³-hybridized carbons (Fsp3) is 0.154. The van der Waals surface area contributed by atoms with Crippen molar-refractivity contribution in [1.82, 2.24) is 29.9 Å². The summed E-state index contributed by atoms with van der Waals surface area (Å²) in [6.07, 6.45) is 3.00. The topological polar surface area (TPSA) is 95.7 Å². The van der Waals surface area contributed by atoms with E-state index >= 15 is 0 Å². The van der Waals surface area contributed by atoms with E-state index in [4.69, 9.17) is 8.83 Å². The number of nitrogens with zero attached hydrogens (tertiary/aromatic N) is 6. The van der Waals surface area contributed by atoms with Gasteiger partial charge in [-0.15, -0.1) is 10.2 Å². The van der Waals surface area contributed by atoms with Gasteiger partial charge in [0.2, 0.25) is 11.8 Å². The molecule has 0 saturated heterocycles. The molecule has 0 aliphatic heterocycles. The molecule has 10 heteroatoms. The maximum absolute atomic E-state index is 13.1. The fourth-order valence-corrected chi connectivity index (χ4v) is 2.57. The van der Waals surface area contributed by atoms with Gasteiger partial charge in [0, 0.05) is 6.07 Å². The Balaban J connectivity index is 1.42. The molecule has 0 spiro atoms. The summed E-state index contributed by atoms with van der Waals surface area (Å²) in [5, 5.41) is 12.2. The van der Waals surface area contributed by atoms with E-state index in [1.54, 1.807) is 17.1 Å². The van der Waals surface area contributed by atoms with Crippen molar-refractivity contribution < 1.29 is 13.2 Å². The van der Waals surface area contributed by atoms with Crippen molar-refractivity contribution in [3.05, 3.63) is 48.5 Å². The Labute approximate surface area is 132 Å². The number of hydrogen-bond donors (Lipinski definition) is 0. The highest BCUT2D eigenvalue weighted by atomic mass is 32.2. The lowest BCUT2D eigenvalue weighted by atomic mass is 10.3. The largest absolute Gasteiger partial charge is 0.440 e. The zero-order valence-electron chi connectivity index (χ0n) is 11.6. The quantitative estimate of drug-likeness (QED) is 0.514. The SMILES string of the molecule is Fc1ccc2nc(CSc3nnc(Cn4cncn4)o3)oc2c1. The first-order valence-corrected chi connectivity index (χ1v) is 7.57. The predicted molar refractivity (Wildman–Crippen MR) is 77.0 cm³/mol. The van der Waals surface area contributed by atoms with E-state index in [-0.39, 0.29) is 5.82 Å². The molecule has 3 heterocycles. The van der Waals surface area contributed by atoms with Crippen LogP contribution in [0, 0.1) is 5.82 Å². The van der Waals surface area contributed by atoms with E-state index in [2.05, 4.69) is 25.3 Å². The highest BCUT2D eigenvalue weighted by molar-refractivity contribution is 7.98. The van der Waals surface area contributed by atoms with Gasteiger partial charge in [0.1, 0.15) is 30.5 Å². The van der Waals surface area contributed by atoms with Crippen molar-refractivity contribution in [3.63, 3.8) is 0 Å². The zero-order chi connectivity index (χ0) is 15.6. The molecular formula is C13H9FN6O2S. The molecule has 116 valence electrons. The van der Waals surface area contributed by atoms with Gasteiger partial charge in [-0.05, 0) is 12.1 Å². The van der Waals surface area contributed by atoms with Crippen LogP contribution in [0.1, 0.15) is 11.8 Å². The molecule has 8 nitrogen and oxygen atoms in total. The first-order valence-electron chi connectivity index (χ1n) is 6.59. The third-order valence-corrected chi connectivity index (χ3v) is 3.73. The standard InChI is InChI=1S/C13H9FN6O2S/c14-8-1-2-9-10(3-8)21-12(17-9)5-23-13-19-18-11(22-13)4-20-7-15-6-16-20/h1-3,6-7H,4-5H2. The van der Waals surface area contributed by atoms with Gasteiger partial charge >= 0.3 is 0 Å². The number of halogens is 1. The van der Waals surface area contributed by atoms with Gasteiger partial charge in [-0.3, -0.25) is 0 Å². The Hall–Kier alpha value is -2.75. The average molecular weight is 332 g/mol. The van der Waals surface area contributed by atoms with E-state index in [1.807, 2.05) is 0 Å². The summed E-state index contributed by atoms with van der Waals surface area (Å²) in [4.78, 5) is 8.11. The fourth-order valence-electron chi connectivity index (χ4n) is 1.94. The van der Waals surface area contributed by atoms with Gasteiger partial charge in [0.15, 0.2) is 5.58 Å². The molecular weight excluding hydrogens is 323 g/mol. The van der Waals surface area contributed by atoms with Crippen LogP contribution in [0.3, 0.4) is 0 Å². The van der Waals surface area contributed by atoms with E-state index in [1.165, 1.54) is 30.2 Å². The van der Waals surface area contributed by atoms with Gasteiger partial charge in [-0.2, -0.15) is 5.10 Å². The summed E-state index contributed by atoms with van der Waals surface area (Å²) in [6.45, 7) is 0.357. The van der Waals surface area contributed by atoms with E-state index in [9.17, 15) is 4.39 Å². The number of benzene rings is 1. The molecule has 4 aromatic rings. The van der Waals surface area contributed by atoms with Crippen LogP contribution in [0.4, 0.5) is 4.39 Å². The first kappa shape index (κ1) is 13.9. The number of hydrogen-bond acceptors (Lipinski definition) is 8. The molecule has 1 aromatic carbocycles. The minimum Gasteiger partial charge on any atom is -0.440 e. The molecule has 3 aromatic heterocycles. The van der Waals surface area contributed by atoms with E-state index in [0.29, 0.717) is 40.4 Å². The smallest absolute Gasteiger partial charge is 0.277 e. The Kier molecular flexibility index (Phi) is 3.50. The van der Waals surface area contributed by atoms with Crippen LogP contribution in [0.5, 0.6) is 0 Å². The second-order valence-electron chi connectivity index (χ2n) is 4.56. The van der Waals surface area contributed by atoms with Crippen LogP contribution in [0.2, 0.25) is 0 Å². The first-order chi connectivity index (χ1) is 11.3. The molecule has 0 atom stereocenters. The highest BCUT2D eigenvalue weighted by Gasteiger charge is 2.11. The van der Waals surface area contributed by atoms with Gasteiger partial charge in [-0.1, -0.05) is 11.8 Å². The number of rotatable bonds is 5. The summed E-state index contributed by atoms with van der Waals surface area (Å²) < 4.78 is 25.7. The molecule has 23 heavy (non-hydrogen) atoms. The molecule has 0 N–H and O–H groups in total. The van der Waals surface area contributed by atoms with Gasteiger partial charge in [-0.25, -0.2) is 19.0 Å². The number of fused-ring (bicyclic) bond motifs is 1. The third kappa shape index (κ3) is 3.06. The van der Waals surface area contributed by atoms with Crippen molar-refractivity contribution >= 4 is 22.9 Å². The van der Waals surface area contributed by atoms with Crippen LogP contribution in [-0.4, -0.2) is 29.9 Å². The van der Waals surface area contributed by atoms with Crippen molar-refractivity contribution in [1.29, 1.82) is 0 Å². The lowest BCUT2D eigenvalue weighted by Crippen LogP contribution is -1.99. The molecule has 0 unspecified atom stereocenters. The third-order valence-electron chi connectivity index (χ3n) is 2.93. The molecule has 4 rings (SSSR count). The maximum Gasteiger partial charge on any atom is 0.277 e. The van der Waals surface area contributed by atoms with Crippen molar-refractivity contribution in [2.75, 3.05) is 0 Å². The molecule has 0 aliphatic carbocycles. The van der Waals surface area contributed by atoms with Crippen LogP contribution in [0.15, 0.2) is 44.9 Å². The average Bonchev–Trinajstić information content (AvgIpc) is 3.25.